The molecule has 39 heavy (non-hydrogen) atoms. The zero-order chi connectivity index (χ0) is 27.6. The Balaban J connectivity index is 1.36. The molecule has 0 radical (unpaired) electrons. The van der Waals surface area contributed by atoms with Gasteiger partial charge in [0.1, 0.15) is 51.7 Å². The molecule has 1 atom stereocenters. The summed E-state index contributed by atoms with van der Waals surface area (Å²) in [7, 11) is -3.26. The first kappa shape index (κ1) is 26.6. The predicted octanol–water partition coefficient (Wildman–Crippen LogP) is 6.05. The maximum absolute atomic E-state index is 13.4. The van der Waals surface area contributed by atoms with Crippen LogP contribution in [0.25, 0.3) is 22.2 Å². The number of aromatic nitrogens is 2. The van der Waals surface area contributed by atoms with Gasteiger partial charge in [-0.25, -0.2) is 22.8 Å². The summed E-state index contributed by atoms with van der Waals surface area (Å²) in [5.74, 6) is 1.39. The maximum Gasteiger partial charge on any atom is 0.149 e. The molecule has 8 nitrogen and oxygen atoms in total. The van der Waals surface area contributed by atoms with Gasteiger partial charge in [-0.1, -0.05) is 23.7 Å². The van der Waals surface area contributed by atoms with Crippen molar-refractivity contribution in [3.63, 3.8) is 0 Å². The topological polar surface area (TPSA) is 120 Å². The monoisotopic (exact) mass is 566 g/mol. The normalized spacial score (nSPS) is 12.4. The molecule has 5 rings (SSSR count). The Labute approximate surface area is 229 Å². The van der Waals surface area contributed by atoms with E-state index in [9.17, 15) is 12.8 Å². The Bertz CT molecular complexity index is 1760. The number of rotatable bonds is 9. The summed E-state index contributed by atoms with van der Waals surface area (Å²) >= 11 is 6.45. The lowest BCUT2D eigenvalue weighted by Gasteiger charge is -2.12. The third-order valence-electron chi connectivity index (χ3n) is 5.87. The van der Waals surface area contributed by atoms with Crippen LogP contribution in [-0.2, 0) is 16.4 Å². The van der Waals surface area contributed by atoms with Crippen LogP contribution >= 0.6 is 11.6 Å². The second kappa shape index (κ2) is 11.0. The molecule has 0 saturated heterocycles. The molecule has 0 spiro atoms. The van der Waals surface area contributed by atoms with Gasteiger partial charge in [0, 0.05) is 22.9 Å². The van der Waals surface area contributed by atoms with Gasteiger partial charge in [0.05, 0.1) is 22.3 Å². The molecular formula is C28H24ClFN4O4S. The van der Waals surface area contributed by atoms with E-state index in [1.165, 1.54) is 18.5 Å². The molecule has 0 fully saturated rings. The first-order valence-electron chi connectivity index (χ1n) is 11.9. The zero-order valence-corrected chi connectivity index (χ0v) is 22.3. The number of nitrogens with zero attached hydrogens (tertiary/aromatic N) is 2. The van der Waals surface area contributed by atoms with Crippen molar-refractivity contribution in [2.45, 2.75) is 12.6 Å². The van der Waals surface area contributed by atoms with Gasteiger partial charge in [0.25, 0.3) is 0 Å². The molecule has 0 bridgehead atoms. The van der Waals surface area contributed by atoms with E-state index in [-0.39, 0.29) is 18.2 Å². The van der Waals surface area contributed by atoms with E-state index in [2.05, 4.69) is 15.3 Å². The van der Waals surface area contributed by atoms with E-state index in [0.717, 1.165) is 17.2 Å². The summed E-state index contributed by atoms with van der Waals surface area (Å²) in [5, 5.41) is 4.38. The summed E-state index contributed by atoms with van der Waals surface area (Å²) in [6, 6.07) is 19.6. The molecule has 200 valence electrons. The van der Waals surface area contributed by atoms with E-state index in [1.54, 1.807) is 42.5 Å². The number of ether oxygens (including phenoxy) is 1. The second-order valence-electron chi connectivity index (χ2n) is 9.04. The Morgan fingerprint density at radius 3 is 2.69 bits per heavy atom. The molecule has 2 aromatic heterocycles. The van der Waals surface area contributed by atoms with E-state index in [4.69, 9.17) is 26.5 Å². The van der Waals surface area contributed by atoms with E-state index in [0.29, 0.717) is 44.9 Å². The lowest BCUT2D eigenvalue weighted by atomic mass is 10.1. The predicted molar refractivity (Wildman–Crippen MR) is 149 cm³/mol. The van der Waals surface area contributed by atoms with Crippen molar-refractivity contribution in [3.8, 4) is 17.1 Å². The minimum Gasteiger partial charge on any atom is -0.487 e. The molecule has 0 amide bonds. The molecule has 0 aliphatic rings. The number of furan rings is 1. The molecule has 0 unspecified atom stereocenters. The number of sulfone groups is 1. The van der Waals surface area contributed by atoms with Crippen molar-refractivity contribution in [1.82, 2.24) is 9.97 Å². The van der Waals surface area contributed by atoms with Crippen molar-refractivity contribution in [1.29, 1.82) is 0 Å². The quantitative estimate of drug-likeness (QED) is 0.221. The van der Waals surface area contributed by atoms with Gasteiger partial charge >= 0.3 is 0 Å². The Morgan fingerprint density at radius 1 is 1.08 bits per heavy atom. The highest BCUT2D eigenvalue weighted by atomic mass is 35.5. The molecule has 11 heteroatoms. The van der Waals surface area contributed by atoms with E-state index in [1.807, 2.05) is 18.2 Å². The molecule has 0 saturated carbocycles. The molecular weight excluding hydrogens is 543 g/mol. The highest BCUT2D eigenvalue weighted by Gasteiger charge is 2.18. The van der Waals surface area contributed by atoms with Crippen molar-refractivity contribution in [2.24, 2.45) is 5.73 Å². The van der Waals surface area contributed by atoms with Gasteiger partial charge in [-0.3, -0.25) is 0 Å². The average Bonchev–Trinajstić information content (AvgIpc) is 3.38. The standard InChI is InChI=1S/C28H24ClFN4O4S/c1-39(35,36)15-23(31)27-10-9-25(38-27)18-5-7-24-21(12-18)28(33-16-32-24)34-20-6-8-26(22(29)13-20)37-14-17-3-2-4-19(30)11-17/h2-13,16,23H,14-15,31H2,1H3,(H,32,33,34)/t23-/m0/s1. The van der Waals surface area contributed by atoms with Crippen molar-refractivity contribution in [2.75, 3.05) is 17.3 Å². The third-order valence-corrected chi connectivity index (χ3v) is 7.13. The molecule has 0 aliphatic heterocycles. The molecule has 0 aliphatic carbocycles. The Morgan fingerprint density at radius 2 is 1.92 bits per heavy atom. The SMILES string of the molecule is CS(=O)(=O)C[C@H](N)c1ccc(-c2ccc3ncnc(Nc4ccc(OCc5cccc(F)c5)c(Cl)c4)c3c2)o1. The van der Waals surface area contributed by atoms with Crippen LogP contribution in [0.1, 0.15) is 17.4 Å². The van der Waals surface area contributed by atoms with Gasteiger partial charge < -0.3 is 20.2 Å². The highest BCUT2D eigenvalue weighted by molar-refractivity contribution is 7.90. The molecule has 3 N–H and O–H groups in total. The second-order valence-corrected chi connectivity index (χ2v) is 11.6. The third kappa shape index (κ3) is 6.54. The lowest BCUT2D eigenvalue weighted by molar-refractivity contribution is 0.306. The number of halogens is 2. The number of benzene rings is 3. The molecule has 2 heterocycles. The summed E-state index contributed by atoms with van der Waals surface area (Å²) in [6.07, 6.45) is 2.59. The van der Waals surface area contributed by atoms with Gasteiger partial charge in [0.2, 0.25) is 0 Å². The van der Waals surface area contributed by atoms with Crippen molar-refractivity contribution < 1.29 is 22.0 Å². The first-order chi connectivity index (χ1) is 18.6. The van der Waals surface area contributed by atoms with Crippen LogP contribution in [-0.4, -0.2) is 30.4 Å². The summed E-state index contributed by atoms with van der Waals surface area (Å²) in [5.41, 5.74) is 8.84. The molecule has 5 aromatic rings. The van der Waals surface area contributed by atoms with Crippen molar-refractivity contribution >= 4 is 43.8 Å². The van der Waals surface area contributed by atoms with E-state index >= 15 is 0 Å². The molecule has 3 aromatic carbocycles. The van der Waals surface area contributed by atoms with Crippen LogP contribution in [0.4, 0.5) is 15.9 Å². The number of hydrogen-bond acceptors (Lipinski definition) is 8. The highest BCUT2D eigenvalue weighted by Crippen LogP contribution is 2.33. The zero-order valence-electron chi connectivity index (χ0n) is 20.8. The Kier molecular flexibility index (Phi) is 7.51. The number of hydrogen-bond donors (Lipinski definition) is 2. The summed E-state index contributed by atoms with van der Waals surface area (Å²) in [4.78, 5) is 8.74. The number of nitrogens with two attached hydrogens (primary N) is 1. The van der Waals surface area contributed by atoms with Gasteiger partial charge in [-0.05, 0) is 66.2 Å². The fourth-order valence-corrected chi connectivity index (χ4v) is 5.10. The van der Waals surface area contributed by atoms with Crippen LogP contribution in [0.3, 0.4) is 0 Å². The van der Waals surface area contributed by atoms with Gasteiger partial charge in [0.15, 0.2) is 0 Å². The van der Waals surface area contributed by atoms with E-state index < -0.39 is 15.9 Å². The van der Waals surface area contributed by atoms with Crippen LogP contribution in [0.2, 0.25) is 5.02 Å². The lowest BCUT2D eigenvalue weighted by Crippen LogP contribution is -2.20. The average molecular weight is 567 g/mol. The van der Waals surface area contributed by atoms with Crippen LogP contribution in [0.5, 0.6) is 5.75 Å². The Hall–Kier alpha value is -3.99. The fraction of sp³-hybridized carbons (Fsp3) is 0.143. The van der Waals surface area contributed by atoms with Gasteiger partial charge in [-0.15, -0.1) is 0 Å². The first-order valence-corrected chi connectivity index (χ1v) is 14.3. The summed E-state index contributed by atoms with van der Waals surface area (Å²) < 4.78 is 48.2. The number of nitrogens with one attached hydrogen (secondary N) is 1. The minimum atomic E-state index is -3.26. The number of fused-ring (bicyclic) bond motifs is 1. The van der Waals surface area contributed by atoms with Gasteiger partial charge in [-0.2, -0.15) is 0 Å². The van der Waals surface area contributed by atoms with Crippen LogP contribution in [0, 0.1) is 5.82 Å². The number of anilines is 2. The summed E-state index contributed by atoms with van der Waals surface area (Å²) in [6.45, 7) is 0.178. The van der Waals surface area contributed by atoms with Crippen molar-refractivity contribution in [3.05, 3.63) is 101 Å². The largest absolute Gasteiger partial charge is 0.487 e. The van der Waals surface area contributed by atoms with Crippen LogP contribution < -0.4 is 15.8 Å². The minimum absolute atomic E-state index is 0.178. The maximum atomic E-state index is 13.4. The fourth-order valence-electron chi connectivity index (χ4n) is 4.05. The van der Waals surface area contributed by atoms with Crippen LogP contribution in [0.15, 0.2) is 83.5 Å². The smallest absolute Gasteiger partial charge is 0.149 e.